The molecule has 0 aromatic heterocycles. The van der Waals surface area contributed by atoms with Gasteiger partial charge in [0.15, 0.2) is 0 Å². The Balaban J connectivity index is 6.67. The van der Waals surface area contributed by atoms with E-state index in [0.717, 1.165) is 9.47 Å². The Morgan fingerprint density at radius 3 is 0.814 bits per heavy atom. The average Bonchev–Trinajstić information content (AvgIpc) is 2.69. The van der Waals surface area contributed by atoms with Crippen molar-refractivity contribution in [2.24, 2.45) is 0 Å². The van der Waals surface area contributed by atoms with E-state index in [4.69, 9.17) is 0 Å². The van der Waals surface area contributed by atoms with Crippen molar-refractivity contribution in [1.29, 1.82) is 0 Å². The van der Waals surface area contributed by atoms with Gasteiger partial charge in [-0.05, 0) is 0 Å². The molecule has 0 amide bonds. The molecule has 0 fully saturated rings. The monoisotopic (exact) mass is 714 g/mol. The zero-order chi connectivity index (χ0) is 35.7. The summed E-state index contributed by atoms with van der Waals surface area (Å²) in [6.07, 6.45) is -49.1. The standard InChI is InChI=1S/C13F26O4/c14-2(15,1(40)41-13(37,38)39)3(16,17)9(29,30)42-11(33,34)6(22,23)7(24,25)12(35,36)43-10(31,32)5(20,21)4(18,19)8(26,27)28. The second-order valence-corrected chi connectivity index (χ2v) is 7.05. The summed E-state index contributed by atoms with van der Waals surface area (Å²) in [5, 5.41) is 0. The van der Waals surface area contributed by atoms with Crippen molar-refractivity contribution in [2.75, 3.05) is 0 Å². The van der Waals surface area contributed by atoms with Crippen LogP contribution in [-0.4, -0.2) is 78.5 Å². The smallest absolute Gasteiger partial charge is 0.368 e. The first-order valence-corrected chi connectivity index (χ1v) is 8.59. The number of hydrogen-bond acceptors (Lipinski definition) is 4. The lowest BCUT2D eigenvalue weighted by molar-refractivity contribution is -0.542. The minimum atomic E-state index is -9.00. The largest absolute Gasteiger partial charge is 0.575 e. The first kappa shape index (κ1) is 40.6. The third-order valence-corrected chi connectivity index (χ3v) is 3.98. The molecule has 0 aliphatic rings. The van der Waals surface area contributed by atoms with E-state index in [2.05, 4.69) is 0 Å². The molecule has 0 atom stereocenters. The molecule has 258 valence electrons. The van der Waals surface area contributed by atoms with Crippen LogP contribution in [0.5, 0.6) is 0 Å². The van der Waals surface area contributed by atoms with Crippen LogP contribution in [0, 0.1) is 0 Å². The molecule has 0 heterocycles. The third-order valence-electron chi connectivity index (χ3n) is 3.98. The Labute approximate surface area is 213 Å². The highest BCUT2D eigenvalue weighted by Gasteiger charge is 2.90. The Hall–Kier alpha value is -2.43. The van der Waals surface area contributed by atoms with Gasteiger partial charge in [-0.25, -0.2) is 14.3 Å². The van der Waals surface area contributed by atoms with Crippen LogP contribution in [0.3, 0.4) is 0 Å². The number of carbonyl (C=O) groups excluding carboxylic acids is 1. The van der Waals surface area contributed by atoms with E-state index in [9.17, 15) is 119 Å². The molecule has 43 heavy (non-hydrogen) atoms. The molecule has 30 heteroatoms. The van der Waals surface area contributed by atoms with Crippen LogP contribution in [0.25, 0.3) is 0 Å². The summed E-state index contributed by atoms with van der Waals surface area (Å²) in [5.41, 5.74) is 0. The van der Waals surface area contributed by atoms with Gasteiger partial charge in [-0.15, -0.1) is 13.2 Å². The van der Waals surface area contributed by atoms with Crippen LogP contribution in [0.15, 0.2) is 0 Å². The molecule has 0 bridgehead atoms. The Morgan fingerprint density at radius 2 is 0.581 bits per heavy atom. The quantitative estimate of drug-likeness (QED) is 0.153. The highest BCUT2D eigenvalue weighted by atomic mass is 19.4. The van der Waals surface area contributed by atoms with Gasteiger partial charge in [-0.3, -0.25) is 0 Å². The summed E-state index contributed by atoms with van der Waals surface area (Å²) in [4.78, 5) is 10.4. The molecule has 0 aliphatic carbocycles. The van der Waals surface area contributed by atoms with E-state index in [0.29, 0.717) is 0 Å². The second kappa shape index (κ2) is 10.3. The molecule has 0 N–H and O–H groups in total. The van der Waals surface area contributed by atoms with E-state index >= 15 is 0 Å². The zero-order valence-electron chi connectivity index (χ0n) is 18.0. The van der Waals surface area contributed by atoms with Crippen molar-refractivity contribution >= 4 is 5.97 Å². The molecule has 0 radical (unpaired) electrons. The van der Waals surface area contributed by atoms with Gasteiger partial charge in [0, 0.05) is 0 Å². The van der Waals surface area contributed by atoms with Gasteiger partial charge in [-0.2, -0.15) is 101 Å². The fourth-order valence-electron chi connectivity index (χ4n) is 1.78. The van der Waals surface area contributed by atoms with E-state index < -0.39 is 78.5 Å². The predicted octanol–water partition coefficient (Wildman–Crippen LogP) is 7.83. The van der Waals surface area contributed by atoms with Crippen molar-refractivity contribution in [3.05, 3.63) is 0 Å². The molecule has 0 aliphatic heterocycles. The maximum Gasteiger partial charge on any atom is 0.575 e. The molecular formula is C13F26O4. The Bertz CT molecular complexity index is 1020. The summed E-state index contributed by atoms with van der Waals surface area (Å²) in [7, 11) is 0. The van der Waals surface area contributed by atoms with E-state index in [1.54, 1.807) is 0 Å². The number of alkyl halides is 26. The predicted molar refractivity (Wildman–Crippen MR) is 69.8 cm³/mol. The first-order valence-electron chi connectivity index (χ1n) is 8.59. The first-order chi connectivity index (χ1) is 18.0. The van der Waals surface area contributed by atoms with Gasteiger partial charge in [0.05, 0.1) is 0 Å². The van der Waals surface area contributed by atoms with Crippen LogP contribution >= 0.6 is 0 Å². The minimum Gasteiger partial charge on any atom is -0.368 e. The number of esters is 1. The van der Waals surface area contributed by atoms with Crippen LogP contribution < -0.4 is 0 Å². The topological polar surface area (TPSA) is 44.8 Å². The molecule has 0 unspecified atom stereocenters. The molecule has 0 rings (SSSR count). The van der Waals surface area contributed by atoms with Gasteiger partial charge in [0.1, 0.15) is 0 Å². The van der Waals surface area contributed by atoms with Crippen LogP contribution in [0.1, 0.15) is 0 Å². The minimum absolute atomic E-state index is 0.809. The van der Waals surface area contributed by atoms with Gasteiger partial charge in [-0.1, -0.05) is 0 Å². The summed E-state index contributed by atoms with van der Waals surface area (Å²) in [6.45, 7) is 0. The highest BCUT2D eigenvalue weighted by Crippen LogP contribution is 2.60. The summed E-state index contributed by atoms with van der Waals surface area (Å²) in [5.74, 6) is -56.0. The van der Waals surface area contributed by atoms with Crippen molar-refractivity contribution in [3.63, 3.8) is 0 Å². The lowest BCUT2D eigenvalue weighted by Gasteiger charge is -2.40. The normalized spacial score (nSPS) is 16.4. The fourth-order valence-corrected chi connectivity index (χ4v) is 1.78. The van der Waals surface area contributed by atoms with Crippen LogP contribution in [0.4, 0.5) is 114 Å². The van der Waals surface area contributed by atoms with E-state index in [1.165, 1.54) is 4.74 Å². The number of halogens is 26. The Kier molecular flexibility index (Phi) is 9.73. The van der Waals surface area contributed by atoms with Gasteiger partial charge >= 0.3 is 78.5 Å². The van der Waals surface area contributed by atoms with Crippen molar-refractivity contribution < 1.29 is 133 Å². The third kappa shape index (κ3) is 6.52. The zero-order valence-corrected chi connectivity index (χ0v) is 18.0. The molecule has 0 saturated carbocycles. The molecule has 0 spiro atoms. The summed E-state index contributed by atoms with van der Waals surface area (Å²) < 4.78 is 337. The van der Waals surface area contributed by atoms with Crippen molar-refractivity contribution in [2.45, 2.75) is 72.5 Å². The molecule has 0 aromatic carbocycles. The second-order valence-electron chi connectivity index (χ2n) is 7.05. The summed E-state index contributed by atoms with van der Waals surface area (Å²) >= 11 is 0. The lowest BCUT2D eigenvalue weighted by atomic mass is 10.1. The average molecular weight is 714 g/mol. The van der Waals surface area contributed by atoms with Gasteiger partial charge in [0.2, 0.25) is 0 Å². The summed E-state index contributed by atoms with van der Waals surface area (Å²) in [6, 6.07) is 0. The molecule has 0 aromatic rings. The maximum absolute atomic E-state index is 13.4. The van der Waals surface area contributed by atoms with Crippen LogP contribution in [0.2, 0.25) is 0 Å². The molecular weight excluding hydrogens is 714 g/mol. The number of hydrogen-bond donors (Lipinski definition) is 0. The molecule has 4 nitrogen and oxygen atoms in total. The van der Waals surface area contributed by atoms with E-state index in [-0.39, 0.29) is 0 Å². The van der Waals surface area contributed by atoms with Crippen molar-refractivity contribution in [3.8, 4) is 0 Å². The lowest BCUT2D eigenvalue weighted by Crippen LogP contribution is -2.69. The van der Waals surface area contributed by atoms with Gasteiger partial charge < -0.3 is 4.74 Å². The highest BCUT2D eigenvalue weighted by molar-refractivity contribution is 5.79. The van der Waals surface area contributed by atoms with E-state index in [1.807, 2.05) is 0 Å². The number of rotatable bonds is 12. The number of carbonyl (C=O) groups is 1. The number of ether oxygens (including phenoxy) is 3. The fraction of sp³-hybridized carbons (Fsp3) is 0.923. The Morgan fingerprint density at radius 1 is 0.349 bits per heavy atom. The molecule has 0 saturated heterocycles. The van der Waals surface area contributed by atoms with Crippen LogP contribution in [-0.2, 0) is 19.0 Å². The maximum atomic E-state index is 13.4. The van der Waals surface area contributed by atoms with Gasteiger partial charge in [0.25, 0.3) is 0 Å². The SMILES string of the molecule is O=C(OC(F)(F)F)C(F)(F)C(F)(F)C(F)(F)OC(F)(F)C(F)(F)C(F)(F)C(F)(F)OC(F)(F)C(F)(F)C(F)(F)C(F)(F)F. The van der Waals surface area contributed by atoms with Crippen molar-refractivity contribution in [1.82, 2.24) is 0 Å².